The summed E-state index contributed by atoms with van der Waals surface area (Å²) >= 11 is 3.81. The van der Waals surface area contributed by atoms with Gasteiger partial charge in [-0.3, -0.25) is 0 Å². The molecular weight excluding hydrogens is 326 g/mol. The first-order valence-electron chi connectivity index (χ1n) is 8.47. The second kappa shape index (κ2) is 5.94. The van der Waals surface area contributed by atoms with E-state index in [1.54, 1.807) is 0 Å². The van der Waals surface area contributed by atoms with Crippen LogP contribution in [-0.2, 0) is 6.42 Å². The van der Waals surface area contributed by atoms with Gasteiger partial charge in [-0.1, -0.05) is 52.9 Å². The van der Waals surface area contributed by atoms with Gasteiger partial charge in [0, 0.05) is 6.54 Å². The third-order valence-electron chi connectivity index (χ3n) is 5.13. The number of rotatable bonds is 2. The molecule has 1 fully saturated rings. The maximum Gasteiger partial charge on any atom is 0.139 e. The lowest BCUT2D eigenvalue weighted by Gasteiger charge is -2.35. The zero-order chi connectivity index (χ0) is 15.0. The van der Waals surface area contributed by atoms with Crippen molar-refractivity contribution in [2.45, 2.75) is 71.8 Å². The second-order valence-electron chi connectivity index (χ2n) is 7.86. The van der Waals surface area contributed by atoms with Crippen molar-refractivity contribution in [2.75, 3.05) is 11.9 Å². The van der Waals surface area contributed by atoms with Gasteiger partial charge in [0.1, 0.15) is 5.82 Å². The van der Waals surface area contributed by atoms with E-state index in [1.807, 2.05) is 0 Å². The molecule has 0 radical (unpaired) electrons. The molecule has 0 spiro atoms. The van der Waals surface area contributed by atoms with Crippen LogP contribution in [0.3, 0.4) is 0 Å². The molecule has 2 heterocycles. The lowest BCUT2D eigenvalue weighted by atomic mass is 9.84. The van der Waals surface area contributed by atoms with Crippen LogP contribution >= 0.6 is 15.9 Å². The molecule has 1 N–H and O–H groups in total. The normalized spacial score (nSPS) is 23.7. The Morgan fingerprint density at radius 2 is 1.90 bits per heavy atom. The zero-order valence-electron chi connectivity index (χ0n) is 13.6. The first-order chi connectivity index (χ1) is 9.97. The molecule has 118 valence electrons. The van der Waals surface area contributed by atoms with Gasteiger partial charge in [-0.05, 0) is 40.1 Å². The molecule has 21 heavy (non-hydrogen) atoms. The van der Waals surface area contributed by atoms with E-state index >= 15 is 0 Å². The van der Waals surface area contributed by atoms with Crippen LogP contribution in [0.15, 0.2) is 4.47 Å². The maximum atomic E-state index is 5.00. The summed E-state index contributed by atoms with van der Waals surface area (Å²) in [7, 11) is 0. The van der Waals surface area contributed by atoms with E-state index in [9.17, 15) is 0 Å². The Balaban J connectivity index is 1.85. The lowest BCUT2D eigenvalue weighted by Crippen LogP contribution is -2.32. The SMILES string of the molecule is CC(C)(C)C1CCNc2c(Br)c(CC3CCCCC3)nn21. The Morgan fingerprint density at radius 1 is 1.19 bits per heavy atom. The lowest BCUT2D eigenvalue weighted by molar-refractivity contribution is 0.209. The molecule has 1 aliphatic carbocycles. The molecule has 0 amide bonds. The molecule has 2 aliphatic rings. The third-order valence-corrected chi connectivity index (χ3v) is 5.96. The van der Waals surface area contributed by atoms with Crippen LogP contribution in [0.1, 0.15) is 71.0 Å². The van der Waals surface area contributed by atoms with Crippen molar-refractivity contribution in [3.05, 3.63) is 10.2 Å². The first-order valence-corrected chi connectivity index (χ1v) is 9.27. The topological polar surface area (TPSA) is 29.9 Å². The van der Waals surface area contributed by atoms with Crippen LogP contribution < -0.4 is 5.32 Å². The number of nitrogens with zero attached hydrogens (tertiary/aromatic N) is 2. The van der Waals surface area contributed by atoms with Crippen LogP contribution in [0.25, 0.3) is 0 Å². The molecule has 4 heteroatoms. The number of hydrogen-bond donors (Lipinski definition) is 1. The number of hydrogen-bond acceptors (Lipinski definition) is 2. The van der Waals surface area contributed by atoms with Crippen molar-refractivity contribution in [1.82, 2.24) is 9.78 Å². The van der Waals surface area contributed by atoms with Gasteiger partial charge in [0.05, 0.1) is 16.2 Å². The smallest absolute Gasteiger partial charge is 0.139 e. The molecule has 1 saturated carbocycles. The predicted octanol–water partition coefficient (Wildman–Crippen LogP) is 5.17. The fourth-order valence-corrected chi connectivity index (χ4v) is 4.45. The first kappa shape index (κ1) is 15.4. The summed E-state index contributed by atoms with van der Waals surface area (Å²) < 4.78 is 3.47. The fourth-order valence-electron chi connectivity index (χ4n) is 3.89. The Hall–Kier alpha value is -0.510. The minimum Gasteiger partial charge on any atom is -0.369 e. The average molecular weight is 354 g/mol. The van der Waals surface area contributed by atoms with Crippen molar-refractivity contribution in [3.8, 4) is 0 Å². The Labute approximate surface area is 137 Å². The number of anilines is 1. The molecular formula is C17H28BrN3. The average Bonchev–Trinajstić information content (AvgIpc) is 2.76. The highest BCUT2D eigenvalue weighted by atomic mass is 79.9. The molecule has 0 aromatic carbocycles. The summed E-state index contributed by atoms with van der Waals surface area (Å²) in [5, 5.41) is 8.54. The zero-order valence-corrected chi connectivity index (χ0v) is 15.2. The second-order valence-corrected chi connectivity index (χ2v) is 8.65. The van der Waals surface area contributed by atoms with Crippen molar-refractivity contribution in [3.63, 3.8) is 0 Å². The minimum atomic E-state index is 0.254. The van der Waals surface area contributed by atoms with E-state index in [4.69, 9.17) is 5.10 Å². The van der Waals surface area contributed by atoms with E-state index in [0.717, 1.165) is 25.3 Å². The Bertz CT molecular complexity index is 495. The van der Waals surface area contributed by atoms with Gasteiger partial charge in [-0.15, -0.1) is 0 Å². The Kier molecular flexibility index (Phi) is 4.35. The van der Waals surface area contributed by atoms with Crippen molar-refractivity contribution in [2.24, 2.45) is 11.3 Å². The van der Waals surface area contributed by atoms with E-state index in [0.29, 0.717) is 6.04 Å². The van der Waals surface area contributed by atoms with E-state index in [1.165, 1.54) is 48.1 Å². The van der Waals surface area contributed by atoms with Gasteiger partial charge in [-0.25, -0.2) is 4.68 Å². The summed E-state index contributed by atoms with van der Waals surface area (Å²) in [5.74, 6) is 2.03. The maximum absolute atomic E-state index is 5.00. The molecule has 0 saturated heterocycles. The van der Waals surface area contributed by atoms with E-state index in [-0.39, 0.29) is 5.41 Å². The standard InChI is InChI=1S/C17H28BrN3/c1-17(2,3)14-9-10-19-16-15(18)13(20-21(14)16)11-12-7-5-4-6-8-12/h12,14,19H,4-11H2,1-3H3. The van der Waals surface area contributed by atoms with Gasteiger partial charge in [0.15, 0.2) is 0 Å². The van der Waals surface area contributed by atoms with E-state index < -0.39 is 0 Å². The van der Waals surface area contributed by atoms with Crippen molar-refractivity contribution >= 4 is 21.7 Å². The molecule has 1 aromatic heterocycles. The summed E-state index contributed by atoms with van der Waals surface area (Å²) in [6.07, 6.45) is 9.28. The van der Waals surface area contributed by atoms with Crippen LogP contribution in [-0.4, -0.2) is 16.3 Å². The van der Waals surface area contributed by atoms with Crippen molar-refractivity contribution < 1.29 is 0 Å². The fraction of sp³-hybridized carbons (Fsp3) is 0.824. The number of halogens is 1. The van der Waals surface area contributed by atoms with Crippen LogP contribution in [0.5, 0.6) is 0 Å². The highest BCUT2D eigenvalue weighted by Gasteiger charge is 2.33. The summed E-state index contributed by atoms with van der Waals surface area (Å²) in [6, 6.07) is 0.491. The molecule has 1 atom stereocenters. The predicted molar refractivity (Wildman–Crippen MR) is 91.8 cm³/mol. The number of nitrogens with one attached hydrogen (secondary N) is 1. The molecule has 1 unspecified atom stereocenters. The quantitative estimate of drug-likeness (QED) is 0.794. The molecule has 1 aliphatic heterocycles. The van der Waals surface area contributed by atoms with Crippen LogP contribution in [0.4, 0.5) is 5.82 Å². The highest BCUT2D eigenvalue weighted by molar-refractivity contribution is 9.10. The summed E-state index contributed by atoms with van der Waals surface area (Å²) in [5.41, 5.74) is 1.52. The third kappa shape index (κ3) is 3.15. The van der Waals surface area contributed by atoms with Gasteiger partial charge in [0.25, 0.3) is 0 Å². The number of aromatic nitrogens is 2. The van der Waals surface area contributed by atoms with Crippen molar-refractivity contribution in [1.29, 1.82) is 0 Å². The summed E-state index contributed by atoms with van der Waals surface area (Å²) in [6.45, 7) is 8.02. The van der Waals surface area contributed by atoms with Gasteiger partial charge in [0.2, 0.25) is 0 Å². The monoisotopic (exact) mass is 353 g/mol. The van der Waals surface area contributed by atoms with Gasteiger partial charge < -0.3 is 5.32 Å². The summed E-state index contributed by atoms with van der Waals surface area (Å²) in [4.78, 5) is 0. The molecule has 1 aromatic rings. The molecule has 3 nitrogen and oxygen atoms in total. The highest BCUT2D eigenvalue weighted by Crippen LogP contribution is 2.42. The minimum absolute atomic E-state index is 0.254. The number of fused-ring (bicyclic) bond motifs is 1. The van der Waals surface area contributed by atoms with Gasteiger partial charge >= 0.3 is 0 Å². The van der Waals surface area contributed by atoms with Crippen LogP contribution in [0.2, 0.25) is 0 Å². The Morgan fingerprint density at radius 3 is 2.57 bits per heavy atom. The van der Waals surface area contributed by atoms with E-state index in [2.05, 4.69) is 46.7 Å². The van der Waals surface area contributed by atoms with Gasteiger partial charge in [-0.2, -0.15) is 5.10 Å². The van der Waals surface area contributed by atoms with Crippen LogP contribution in [0, 0.1) is 11.3 Å². The molecule has 0 bridgehead atoms. The molecule has 3 rings (SSSR count). The largest absolute Gasteiger partial charge is 0.369 e.